The van der Waals surface area contributed by atoms with Gasteiger partial charge < -0.3 is 4.42 Å². The minimum Gasteiger partial charge on any atom is -0.467 e. The Labute approximate surface area is 101 Å². The summed E-state index contributed by atoms with van der Waals surface area (Å²) in [5.41, 5.74) is 2.57. The number of hydrogen-bond acceptors (Lipinski definition) is 4. The highest BCUT2D eigenvalue weighted by Gasteiger charge is 2.18. The van der Waals surface area contributed by atoms with E-state index in [1.165, 1.54) is 19.1 Å². The standard InChI is InChI=1S/C12H19N3O2/c1-9-3-2-4-15(6-9)7-11-5-10(8-17-11)12(16)14-13/h5,8-9H,2-4,6-7,13H2,1H3,(H,14,16). The Bertz CT molecular complexity index is 389. The van der Waals surface area contributed by atoms with Crippen LogP contribution in [0.5, 0.6) is 0 Å². The van der Waals surface area contributed by atoms with Gasteiger partial charge in [-0.15, -0.1) is 0 Å². The SMILES string of the molecule is CC1CCCN(Cc2cc(C(=O)NN)co2)C1. The van der Waals surface area contributed by atoms with Gasteiger partial charge in [-0.2, -0.15) is 0 Å². The third kappa shape index (κ3) is 3.08. The molecule has 1 aromatic heterocycles. The second-order valence-corrected chi connectivity index (χ2v) is 4.76. The molecule has 0 aromatic carbocycles. The van der Waals surface area contributed by atoms with E-state index in [4.69, 9.17) is 10.3 Å². The van der Waals surface area contributed by atoms with Crippen molar-refractivity contribution >= 4 is 5.91 Å². The summed E-state index contributed by atoms with van der Waals surface area (Å²) in [5.74, 6) is 6.31. The minimum absolute atomic E-state index is 0.313. The zero-order valence-corrected chi connectivity index (χ0v) is 10.1. The summed E-state index contributed by atoms with van der Waals surface area (Å²) in [6.07, 6.45) is 3.98. The van der Waals surface area contributed by atoms with E-state index in [1.807, 2.05) is 0 Å². The summed E-state index contributed by atoms with van der Waals surface area (Å²) in [4.78, 5) is 13.6. The zero-order chi connectivity index (χ0) is 12.3. The molecule has 0 saturated carbocycles. The van der Waals surface area contributed by atoms with Crippen LogP contribution in [0.25, 0.3) is 0 Å². The molecule has 1 fully saturated rings. The number of hydrazine groups is 1. The Hall–Kier alpha value is -1.33. The van der Waals surface area contributed by atoms with Crippen LogP contribution in [-0.2, 0) is 6.54 Å². The smallest absolute Gasteiger partial charge is 0.268 e. The number of carbonyl (C=O) groups is 1. The van der Waals surface area contributed by atoms with Crippen molar-refractivity contribution in [3.63, 3.8) is 0 Å². The molecule has 0 aliphatic carbocycles. The molecule has 5 heteroatoms. The highest BCUT2D eigenvalue weighted by atomic mass is 16.3. The van der Waals surface area contributed by atoms with Crippen LogP contribution < -0.4 is 11.3 Å². The molecule has 1 unspecified atom stereocenters. The van der Waals surface area contributed by atoms with Crippen molar-refractivity contribution in [1.29, 1.82) is 0 Å². The molecule has 94 valence electrons. The molecule has 0 bridgehead atoms. The van der Waals surface area contributed by atoms with Crippen molar-refractivity contribution in [1.82, 2.24) is 10.3 Å². The van der Waals surface area contributed by atoms with Gasteiger partial charge in [0.05, 0.1) is 12.1 Å². The number of hydrogen-bond donors (Lipinski definition) is 2. The van der Waals surface area contributed by atoms with E-state index in [2.05, 4.69) is 17.2 Å². The molecule has 1 aliphatic rings. The maximum absolute atomic E-state index is 11.3. The van der Waals surface area contributed by atoms with Crippen LogP contribution in [0, 0.1) is 5.92 Å². The predicted octanol–water partition coefficient (Wildman–Crippen LogP) is 1.11. The molecule has 1 aromatic rings. The van der Waals surface area contributed by atoms with Gasteiger partial charge in [0.25, 0.3) is 5.91 Å². The first kappa shape index (κ1) is 12.1. The first-order chi connectivity index (χ1) is 8.19. The zero-order valence-electron chi connectivity index (χ0n) is 10.1. The number of rotatable bonds is 3. The number of carbonyl (C=O) groups excluding carboxylic acids is 1. The number of amides is 1. The highest BCUT2D eigenvalue weighted by molar-refractivity contribution is 5.93. The summed E-state index contributed by atoms with van der Waals surface area (Å²) < 4.78 is 5.37. The third-order valence-corrected chi connectivity index (χ3v) is 3.17. The van der Waals surface area contributed by atoms with E-state index >= 15 is 0 Å². The first-order valence-corrected chi connectivity index (χ1v) is 5.99. The first-order valence-electron chi connectivity index (χ1n) is 5.99. The van der Waals surface area contributed by atoms with Crippen molar-refractivity contribution < 1.29 is 9.21 Å². The maximum Gasteiger partial charge on any atom is 0.268 e. The second kappa shape index (κ2) is 5.33. The topological polar surface area (TPSA) is 71.5 Å². The second-order valence-electron chi connectivity index (χ2n) is 4.76. The van der Waals surface area contributed by atoms with E-state index < -0.39 is 0 Å². The van der Waals surface area contributed by atoms with Crippen molar-refractivity contribution in [3.05, 3.63) is 23.7 Å². The van der Waals surface area contributed by atoms with E-state index in [1.54, 1.807) is 6.07 Å². The number of nitrogens with zero attached hydrogens (tertiary/aromatic N) is 1. The molecule has 1 aliphatic heterocycles. The Morgan fingerprint density at radius 1 is 1.71 bits per heavy atom. The molecule has 1 saturated heterocycles. The quantitative estimate of drug-likeness (QED) is 0.469. The monoisotopic (exact) mass is 237 g/mol. The Balaban J connectivity index is 1.94. The lowest BCUT2D eigenvalue weighted by Crippen LogP contribution is -2.33. The fourth-order valence-corrected chi connectivity index (χ4v) is 2.32. The van der Waals surface area contributed by atoms with Crippen molar-refractivity contribution in [2.24, 2.45) is 11.8 Å². The van der Waals surface area contributed by atoms with Crippen LogP contribution in [0.2, 0.25) is 0 Å². The number of nitrogens with one attached hydrogen (secondary N) is 1. The largest absolute Gasteiger partial charge is 0.467 e. The van der Waals surface area contributed by atoms with Crippen molar-refractivity contribution in [3.8, 4) is 0 Å². The van der Waals surface area contributed by atoms with E-state index in [0.717, 1.165) is 31.3 Å². The van der Waals surface area contributed by atoms with Crippen LogP contribution in [0.1, 0.15) is 35.9 Å². The molecule has 17 heavy (non-hydrogen) atoms. The summed E-state index contributed by atoms with van der Waals surface area (Å²) >= 11 is 0. The molecule has 2 heterocycles. The molecular formula is C12H19N3O2. The van der Waals surface area contributed by atoms with Crippen molar-refractivity contribution in [2.45, 2.75) is 26.3 Å². The van der Waals surface area contributed by atoms with Gasteiger partial charge >= 0.3 is 0 Å². The molecule has 2 rings (SSSR count). The number of likely N-dealkylation sites (tertiary alicyclic amines) is 1. The third-order valence-electron chi connectivity index (χ3n) is 3.17. The summed E-state index contributed by atoms with van der Waals surface area (Å²) in [6, 6.07) is 1.75. The normalized spacial score (nSPS) is 21.4. The molecule has 1 amide bonds. The maximum atomic E-state index is 11.3. The number of piperidine rings is 1. The molecular weight excluding hydrogens is 218 g/mol. The van der Waals surface area contributed by atoms with Gasteiger partial charge in [-0.1, -0.05) is 6.92 Å². The predicted molar refractivity (Wildman–Crippen MR) is 64.0 cm³/mol. The lowest BCUT2D eigenvalue weighted by molar-refractivity contribution is 0.0953. The molecule has 0 spiro atoms. The summed E-state index contributed by atoms with van der Waals surface area (Å²) in [7, 11) is 0. The lowest BCUT2D eigenvalue weighted by atomic mass is 10.0. The number of nitrogen functional groups attached to an aromatic ring is 1. The fourth-order valence-electron chi connectivity index (χ4n) is 2.32. The molecule has 3 N–H and O–H groups in total. The van der Waals surface area contributed by atoms with Gasteiger partial charge in [-0.25, -0.2) is 5.84 Å². The van der Waals surface area contributed by atoms with Gasteiger partial charge in [0.1, 0.15) is 12.0 Å². The van der Waals surface area contributed by atoms with Gasteiger partial charge in [0.2, 0.25) is 0 Å². The van der Waals surface area contributed by atoms with Crippen LogP contribution >= 0.6 is 0 Å². The van der Waals surface area contributed by atoms with E-state index in [0.29, 0.717) is 5.56 Å². The van der Waals surface area contributed by atoms with Gasteiger partial charge in [-0.3, -0.25) is 15.1 Å². The Kier molecular flexibility index (Phi) is 3.81. The van der Waals surface area contributed by atoms with E-state index in [-0.39, 0.29) is 5.91 Å². The van der Waals surface area contributed by atoms with Crippen LogP contribution in [0.3, 0.4) is 0 Å². The van der Waals surface area contributed by atoms with E-state index in [9.17, 15) is 4.79 Å². The molecule has 1 atom stereocenters. The van der Waals surface area contributed by atoms with Crippen molar-refractivity contribution in [2.75, 3.05) is 13.1 Å². The number of furan rings is 1. The average molecular weight is 237 g/mol. The van der Waals surface area contributed by atoms with Gasteiger partial charge in [0, 0.05) is 6.54 Å². The summed E-state index contributed by atoms with van der Waals surface area (Å²) in [5, 5.41) is 0. The Morgan fingerprint density at radius 3 is 3.24 bits per heavy atom. The molecule has 0 radical (unpaired) electrons. The average Bonchev–Trinajstić information content (AvgIpc) is 2.76. The fraction of sp³-hybridized carbons (Fsp3) is 0.583. The highest BCUT2D eigenvalue weighted by Crippen LogP contribution is 2.18. The van der Waals surface area contributed by atoms with Gasteiger partial charge in [-0.05, 0) is 31.4 Å². The van der Waals surface area contributed by atoms with Crippen LogP contribution in [0.4, 0.5) is 0 Å². The van der Waals surface area contributed by atoms with Crippen LogP contribution in [0.15, 0.2) is 16.7 Å². The van der Waals surface area contributed by atoms with Gasteiger partial charge in [0.15, 0.2) is 0 Å². The number of nitrogens with two attached hydrogens (primary N) is 1. The molecule has 5 nitrogen and oxygen atoms in total. The lowest BCUT2D eigenvalue weighted by Gasteiger charge is -2.29. The van der Waals surface area contributed by atoms with Crippen LogP contribution in [-0.4, -0.2) is 23.9 Å². The summed E-state index contributed by atoms with van der Waals surface area (Å²) in [6.45, 7) is 5.23. The minimum atomic E-state index is -0.313. The Morgan fingerprint density at radius 2 is 2.53 bits per heavy atom.